The Bertz CT molecular complexity index is 915. The maximum Gasteiger partial charge on any atom is 0.433 e. The maximum atomic E-state index is 12.8. The number of ether oxygens (including phenoxy) is 1. The predicted octanol–water partition coefficient (Wildman–Crippen LogP) is 4.03. The first kappa shape index (κ1) is 18.1. The summed E-state index contributed by atoms with van der Waals surface area (Å²) in [4.78, 5) is 11.4. The van der Waals surface area contributed by atoms with Crippen molar-refractivity contribution in [2.24, 2.45) is 0 Å². The van der Waals surface area contributed by atoms with Crippen molar-refractivity contribution in [2.75, 3.05) is 12.8 Å². The van der Waals surface area contributed by atoms with Crippen molar-refractivity contribution >= 4 is 17.6 Å². The van der Waals surface area contributed by atoms with E-state index in [1.165, 1.54) is 6.20 Å². The Balaban J connectivity index is 1.73. The molecule has 10 heteroatoms. The first-order chi connectivity index (χ1) is 12.3. The lowest BCUT2D eigenvalue weighted by atomic mass is 10.2. The lowest BCUT2D eigenvalue weighted by Crippen LogP contribution is -2.10. The second kappa shape index (κ2) is 7.24. The molecular weight excluding hydrogens is 369 g/mol. The number of oxazole rings is 1. The first-order valence-electron chi connectivity index (χ1n) is 7.29. The summed E-state index contributed by atoms with van der Waals surface area (Å²) in [5.74, 6) is 1.42. The molecule has 0 spiro atoms. The van der Waals surface area contributed by atoms with Crippen LogP contribution in [0, 0.1) is 0 Å². The molecule has 3 rings (SSSR count). The Morgan fingerprint density at radius 3 is 2.77 bits per heavy atom. The van der Waals surface area contributed by atoms with E-state index in [-0.39, 0.29) is 16.7 Å². The number of hydrogen-bond acceptors (Lipinski definition) is 7. The van der Waals surface area contributed by atoms with Gasteiger partial charge in [0.2, 0.25) is 5.89 Å². The number of nitrogen functional groups attached to an aromatic ring is 1. The van der Waals surface area contributed by atoms with Crippen LogP contribution in [-0.2, 0) is 11.9 Å². The lowest BCUT2D eigenvalue weighted by molar-refractivity contribution is -0.141. The molecular formula is C16H13F3N4O2S. The highest BCUT2D eigenvalue weighted by Crippen LogP contribution is 2.31. The Hall–Kier alpha value is -2.75. The van der Waals surface area contributed by atoms with Gasteiger partial charge in [0, 0.05) is 11.6 Å². The van der Waals surface area contributed by atoms with E-state index in [0.717, 1.165) is 17.3 Å². The minimum Gasteiger partial charge on any atom is -0.497 e. The zero-order valence-corrected chi connectivity index (χ0v) is 14.3. The fourth-order valence-electron chi connectivity index (χ4n) is 2.07. The highest BCUT2D eigenvalue weighted by molar-refractivity contribution is 7.98. The van der Waals surface area contributed by atoms with E-state index >= 15 is 0 Å². The number of methoxy groups -OCH3 is 1. The molecule has 0 bridgehead atoms. The molecule has 136 valence electrons. The molecule has 0 aliphatic heterocycles. The van der Waals surface area contributed by atoms with Gasteiger partial charge in [-0.05, 0) is 12.1 Å². The van der Waals surface area contributed by atoms with Crippen LogP contribution in [0.25, 0.3) is 11.3 Å². The molecule has 0 unspecified atom stereocenters. The molecule has 0 saturated heterocycles. The minimum absolute atomic E-state index is 0.0987. The summed E-state index contributed by atoms with van der Waals surface area (Å²) in [6.07, 6.45) is -3.05. The number of nitrogens with zero attached hydrogens (tertiary/aromatic N) is 3. The summed E-state index contributed by atoms with van der Waals surface area (Å²) < 4.78 is 49.1. The van der Waals surface area contributed by atoms with Crippen LogP contribution in [0.2, 0.25) is 0 Å². The molecule has 6 nitrogen and oxygen atoms in total. The third-order valence-corrected chi connectivity index (χ3v) is 4.08. The molecule has 26 heavy (non-hydrogen) atoms. The Labute approximate surface area is 150 Å². The standard InChI is InChI=1S/C16H13F3N4O2S/c1-24-10-4-2-3-9(5-10)11-7-21-14(25-11)8-26-15-22-12(16(17,18)19)6-13(20)23-15/h2-7H,8H2,1H3,(H2,20,22,23). The lowest BCUT2D eigenvalue weighted by Gasteiger charge is -2.07. The van der Waals surface area contributed by atoms with Gasteiger partial charge in [-0.3, -0.25) is 0 Å². The van der Waals surface area contributed by atoms with Crippen LogP contribution in [-0.4, -0.2) is 22.1 Å². The molecule has 0 fully saturated rings. The zero-order chi connectivity index (χ0) is 18.7. The SMILES string of the molecule is COc1cccc(-c2cnc(CSc3nc(N)cc(C(F)(F)F)n3)o2)c1. The van der Waals surface area contributed by atoms with Crippen molar-refractivity contribution in [3.63, 3.8) is 0 Å². The monoisotopic (exact) mass is 382 g/mol. The molecule has 0 saturated carbocycles. The van der Waals surface area contributed by atoms with Gasteiger partial charge in [-0.15, -0.1) is 0 Å². The summed E-state index contributed by atoms with van der Waals surface area (Å²) in [7, 11) is 1.56. The minimum atomic E-state index is -4.59. The quantitative estimate of drug-likeness (QED) is 0.526. The maximum absolute atomic E-state index is 12.8. The number of aromatic nitrogens is 3. The number of hydrogen-bond donors (Lipinski definition) is 1. The molecule has 2 N–H and O–H groups in total. The molecule has 0 aliphatic carbocycles. The summed E-state index contributed by atoms with van der Waals surface area (Å²) in [6.45, 7) is 0. The van der Waals surface area contributed by atoms with Crippen LogP contribution in [0.1, 0.15) is 11.6 Å². The molecule has 2 heterocycles. The summed E-state index contributed by atoms with van der Waals surface area (Å²) >= 11 is 0.951. The van der Waals surface area contributed by atoms with Crippen molar-refractivity contribution < 1.29 is 22.3 Å². The summed E-state index contributed by atoms with van der Waals surface area (Å²) in [5.41, 5.74) is 5.10. The van der Waals surface area contributed by atoms with Crippen LogP contribution < -0.4 is 10.5 Å². The summed E-state index contributed by atoms with van der Waals surface area (Å²) in [6, 6.07) is 7.91. The van der Waals surface area contributed by atoms with Crippen LogP contribution >= 0.6 is 11.8 Å². The molecule has 0 aliphatic rings. The summed E-state index contributed by atoms with van der Waals surface area (Å²) in [5, 5.41) is -0.0987. The van der Waals surface area contributed by atoms with Crippen LogP contribution in [0.15, 0.2) is 46.1 Å². The van der Waals surface area contributed by atoms with Gasteiger partial charge < -0.3 is 14.9 Å². The fourth-order valence-corrected chi connectivity index (χ4v) is 2.78. The zero-order valence-electron chi connectivity index (χ0n) is 13.4. The third kappa shape index (κ3) is 4.26. The van der Waals surface area contributed by atoms with Crippen molar-refractivity contribution in [3.05, 3.63) is 48.1 Å². The largest absolute Gasteiger partial charge is 0.497 e. The Morgan fingerprint density at radius 1 is 1.23 bits per heavy atom. The van der Waals surface area contributed by atoms with E-state index < -0.39 is 11.9 Å². The number of alkyl halides is 3. The topological polar surface area (TPSA) is 87.1 Å². The Kier molecular flexibility index (Phi) is 5.03. The van der Waals surface area contributed by atoms with Gasteiger partial charge in [-0.25, -0.2) is 15.0 Å². The number of thioether (sulfide) groups is 1. The van der Waals surface area contributed by atoms with Gasteiger partial charge in [-0.1, -0.05) is 23.9 Å². The van der Waals surface area contributed by atoms with Crippen molar-refractivity contribution in [2.45, 2.75) is 17.1 Å². The van der Waals surface area contributed by atoms with Gasteiger partial charge in [0.15, 0.2) is 16.6 Å². The van der Waals surface area contributed by atoms with Gasteiger partial charge in [0.05, 0.1) is 19.1 Å². The molecule has 0 atom stereocenters. The highest BCUT2D eigenvalue weighted by atomic mass is 32.2. The Morgan fingerprint density at radius 2 is 2.04 bits per heavy atom. The van der Waals surface area contributed by atoms with Crippen LogP contribution in [0.3, 0.4) is 0 Å². The normalized spacial score (nSPS) is 11.5. The number of benzene rings is 1. The fraction of sp³-hybridized carbons (Fsp3) is 0.188. The van der Waals surface area contributed by atoms with Crippen molar-refractivity contribution in [3.8, 4) is 17.1 Å². The smallest absolute Gasteiger partial charge is 0.433 e. The number of anilines is 1. The molecule has 0 radical (unpaired) electrons. The average Bonchev–Trinajstić information content (AvgIpc) is 3.08. The van der Waals surface area contributed by atoms with E-state index in [1.54, 1.807) is 19.2 Å². The van der Waals surface area contributed by atoms with Gasteiger partial charge in [0.25, 0.3) is 0 Å². The predicted molar refractivity (Wildman–Crippen MR) is 89.5 cm³/mol. The number of halogens is 3. The molecule has 1 aromatic carbocycles. The molecule has 2 aromatic heterocycles. The number of rotatable bonds is 5. The van der Waals surface area contributed by atoms with Gasteiger partial charge in [0.1, 0.15) is 11.6 Å². The second-order valence-electron chi connectivity index (χ2n) is 5.10. The van der Waals surface area contributed by atoms with E-state index in [2.05, 4.69) is 15.0 Å². The van der Waals surface area contributed by atoms with Gasteiger partial charge >= 0.3 is 6.18 Å². The van der Waals surface area contributed by atoms with Crippen molar-refractivity contribution in [1.29, 1.82) is 0 Å². The van der Waals surface area contributed by atoms with Gasteiger partial charge in [-0.2, -0.15) is 13.2 Å². The highest BCUT2D eigenvalue weighted by Gasteiger charge is 2.33. The van der Waals surface area contributed by atoms with Crippen LogP contribution in [0.5, 0.6) is 5.75 Å². The second-order valence-corrected chi connectivity index (χ2v) is 6.04. The van der Waals surface area contributed by atoms with Crippen molar-refractivity contribution in [1.82, 2.24) is 15.0 Å². The van der Waals surface area contributed by atoms with Crippen LogP contribution in [0.4, 0.5) is 19.0 Å². The first-order valence-corrected chi connectivity index (χ1v) is 8.27. The van der Waals surface area contributed by atoms with E-state index in [0.29, 0.717) is 23.5 Å². The molecule has 0 amide bonds. The van der Waals surface area contributed by atoms with E-state index in [4.69, 9.17) is 14.9 Å². The molecule has 3 aromatic rings. The average molecular weight is 382 g/mol. The van der Waals surface area contributed by atoms with E-state index in [9.17, 15) is 13.2 Å². The number of nitrogens with two attached hydrogens (primary N) is 1. The van der Waals surface area contributed by atoms with E-state index in [1.807, 2.05) is 12.1 Å². The third-order valence-electron chi connectivity index (χ3n) is 3.25.